The molecule has 13 heavy (non-hydrogen) atoms. The molecule has 76 valence electrons. The lowest BCUT2D eigenvalue weighted by atomic mass is 9.75. The van der Waals surface area contributed by atoms with E-state index < -0.39 is 7.91 Å². The molecule has 0 atom stereocenters. The molecule has 2 aliphatic rings. The van der Waals surface area contributed by atoms with Gasteiger partial charge >= 0.3 is 7.91 Å². The van der Waals surface area contributed by atoms with Crippen LogP contribution in [0.4, 0.5) is 4.20 Å². The Morgan fingerprint density at radius 3 is 2.15 bits per heavy atom. The molecule has 0 aromatic rings. The van der Waals surface area contributed by atoms with E-state index in [-0.39, 0.29) is 18.6 Å². The molecule has 1 saturated carbocycles. The maximum absolute atomic E-state index is 12.7. The predicted octanol–water partition coefficient (Wildman–Crippen LogP) is 3.06. The number of hydrogen-bond donors (Lipinski definition) is 0. The average molecular weight is 208 g/mol. The van der Waals surface area contributed by atoms with Gasteiger partial charge in [-0.15, -0.1) is 4.20 Å². The fraction of sp³-hybridized carbons (Fsp3) is 1.00. The molecule has 0 amide bonds. The monoisotopic (exact) mass is 208 g/mol. The predicted molar refractivity (Wildman–Crippen MR) is 46.1 cm³/mol. The minimum Gasteiger partial charge on any atom is -0.283 e. The Morgan fingerprint density at radius 1 is 1.08 bits per heavy atom. The van der Waals surface area contributed by atoms with Crippen LogP contribution in [0.25, 0.3) is 0 Å². The van der Waals surface area contributed by atoms with Crippen LogP contribution >= 0.6 is 7.91 Å². The van der Waals surface area contributed by atoms with E-state index in [0.717, 1.165) is 25.7 Å². The molecule has 2 rings (SSSR count). The van der Waals surface area contributed by atoms with Gasteiger partial charge in [0.05, 0.1) is 13.2 Å². The van der Waals surface area contributed by atoms with E-state index in [4.69, 9.17) is 0 Å². The summed E-state index contributed by atoms with van der Waals surface area (Å²) < 4.78 is 32.7. The first-order chi connectivity index (χ1) is 6.12. The Morgan fingerprint density at radius 2 is 1.62 bits per heavy atom. The maximum Gasteiger partial charge on any atom is 0.513 e. The van der Waals surface area contributed by atoms with Gasteiger partial charge in [0.15, 0.2) is 0 Å². The number of hydrogen-bond acceptors (Lipinski definition) is 3. The Balaban J connectivity index is 1.99. The second-order valence-corrected chi connectivity index (χ2v) is 5.42. The van der Waals surface area contributed by atoms with E-state index >= 15 is 0 Å². The molecular weight excluding hydrogens is 194 g/mol. The molecule has 2 fully saturated rings. The molecule has 0 unspecified atom stereocenters. The van der Waals surface area contributed by atoms with Gasteiger partial charge in [0.1, 0.15) is 0 Å². The van der Waals surface area contributed by atoms with Crippen molar-refractivity contribution < 1.29 is 17.8 Å². The zero-order valence-electron chi connectivity index (χ0n) is 7.50. The van der Waals surface area contributed by atoms with Crippen LogP contribution in [-0.2, 0) is 13.6 Å². The van der Waals surface area contributed by atoms with E-state index in [9.17, 15) is 8.76 Å². The molecular formula is C8H14FO3P. The smallest absolute Gasteiger partial charge is 0.283 e. The minimum atomic E-state index is -4.18. The summed E-state index contributed by atoms with van der Waals surface area (Å²) in [4.78, 5) is 0. The van der Waals surface area contributed by atoms with Gasteiger partial charge in [-0.05, 0) is 12.8 Å². The Hall–Kier alpha value is 0.0800. The molecule has 3 nitrogen and oxygen atoms in total. The third-order valence-electron chi connectivity index (χ3n) is 2.96. The highest BCUT2D eigenvalue weighted by atomic mass is 31.2. The Labute approximate surface area is 77.3 Å². The molecule has 0 N–H and O–H groups in total. The number of rotatable bonds is 0. The van der Waals surface area contributed by atoms with Crippen LogP contribution in [0.5, 0.6) is 0 Å². The summed E-state index contributed by atoms with van der Waals surface area (Å²) in [6, 6.07) is 0. The van der Waals surface area contributed by atoms with Crippen molar-refractivity contribution in [3.63, 3.8) is 0 Å². The van der Waals surface area contributed by atoms with Crippen molar-refractivity contribution in [2.75, 3.05) is 13.2 Å². The van der Waals surface area contributed by atoms with Crippen LogP contribution in [0.3, 0.4) is 0 Å². The first-order valence-corrected chi connectivity index (χ1v) is 6.14. The van der Waals surface area contributed by atoms with Crippen molar-refractivity contribution >= 4 is 7.91 Å². The quantitative estimate of drug-likeness (QED) is 0.574. The summed E-state index contributed by atoms with van der Waals surface area (Å²) >= 11 is 0. The molecule has 1 heterocycles. The molecule has 0 bridgehead atoms. The van der Waals surface area contributed by atoms with Gasteiger partial charge in [-0.2, -0.15) is 0 Å². The fourth-order valence-electron chi connectivity index (χ4n) is 2.10. The lowest BCUT2D eigenvalue weighted by Gasteiger charge is -2.39. The van der Waals surface area contributed by atoms with Crippen LogP contribution in [0, 0.1) is 5.41 Å². The second-order valence-electron chi connectivity index (χ2n) is 4.04. The van der Waals surface area contributed by atoms with Crippen molar-refractivity contribution in [3.05, 3.63) is 0 Å². The van der Waals surface area contributed by atoms with E-state index in [2.05, 4.69) is 9.05 Å². The zero-order chi connectivity index (χ0) is 9.36. The van der Waals surface area contributed by atoms with Crippen LogP contribution in [0.2, 0.25) is 0 Å². The van der Waals surface area contributed by atoms with Gasteiger partial charge in [0.2, 0.25) is 0 Å². The fourth-order valence-corrected chi connectivity index (χ4v) is 3.03. The highest BCUT2D eigenvalue weighted by molar-refractivity contribution is 7.48. The molecule has 1 spiro atoms. The molecule has 1 saturated heterocycles. The normalized spacial score (nSPS) is 31.8. The summed E-state index contributed by atoms with van der Waals surface area (Å²) in [7, 11) is -4.18. The van der Waals surface area contributed by atoms with Crippen molar-refractivity contribution in [1.29, 1.82) is 0 Å². The molecule has 0 aromatic carbocycles. The SMILES string of the molecule is O=P1(F)OCC2(CCCCC2)CO1. The molecule has 1 aliphatic heterocycles. The van der Waals surface area contributed by atoms with E-state index in [1.807, 2.05) is 0 Å². The molecule has 0 radical (unpaired) electrons. The van der Waals surface area contributed by atoms with Crippen LogP contribution < -0.4 is 0 Å². The summed E-state index contributed by atoms with van der Waals surface area (Å²) in [6.45, 7) is 0.529. The van der Waals surface area contributed by atoms with Gasteiger partial charge in [-0.25, -0.2) is 4.57 Å². The van der Waals surface area contributed by atoms with Crippen molar-refractivity contribution in [1.82, 2.24) is 0 Å². The van der Waals surface area contributed by atoms with Gasteiger partial charge < -0.3 is 0 Å². The third-order valence-corrected chi connectivity index (χ3v) is 3.84. The van der Waals surface area contributed by atoms with Crippen LogP contribution in [0.1, 0.15) is 32.1 Å². The maximum atomic E-state index is 12.7. The summed E-state index contributed by atoms with van der Waals surface area (Å²) in [6.07, 6.45) is 5.53. The van der Waals surface area contributed by atoms with E-state index in [0.29, 0.717) is 0 Å². The van der Waals surface area contributed by atoms with Gasteiger partial charge in [-0.3, -0.25) is 9.05 Å². The standard InChI is InChI=1S/C8H14FO3P/c9-13(10)11-6-8(7-12-13)4-2-1-3-5-8/h1-7H2. The summed E-state index contributed by atoms with van der Waals surface area (Å²) in [5.41, 5.74) is -0.0434. The average Bonchev–Trinajstić information content (AvgIpc) is 2.13. The molecule has 5 heteroatoms. The van der Waals surface area contributed by atoms with Gasteiger partial charge in [0, 0.05) is 5.41 Å². The van der Waals surface area contributed by atoms with E-state index in [1.165, 1.54) is 6.42 Å². The third kappa shape index (κ3) is 2.12. The zero-order valence-corrected chi connectivity index (χ0v) is 8.39. The van der Waals surface area contributed by atoms with E-state index in [1.54, 1.807) is 0 Å². The second kappa shape index (κ2) is 3.34. The minimum absolute atomic E-state index is 0.0434. The first-order valence-electron chi connectivity index (χ1n) is 4.71. The van der Waals surface area contributed by atoms with Crippen molar-refractivity contribution in [2.45, 2.75) is 32.1 Å². The first kappa shape index (κ1) is 9.63. The summed E-state index contributed by atoms with van der Waals surface area (Å²) in [5.74, 6) is 0. The lowest BCUT2D eigenvalue weighted by molar-refractivity contribution is -0.0184. The van der Waals surface area contributed by atoms with Crippen molar-refractivity contribution in [2.24, 2.45) is 5.41 Å². The molecule has 0 aromatic heterocycles. The topological polar surface area (TPSA) is 35.5 Å². The highest BCUT2D eigenvalue weighted by Crippen LogP contribution is 2.57. The van der Waals surface area contributed by atoms with Crippen molar-refractivity contribution in [3.8, 4) is 0 Å². The van der Waals surface area contributed by atoms with Gasteiger partial charge in [0.25, 0.3) is 0 Å². The largest absolute Gasteiger partial charge is 0.513 e. The summed E-state index contributed by atoms with van der Waals surface area (Å²) in [5, 5.41) is 0. The highest BCUT2D eigenvalue weighted by Gasteiger charge is 2.43. The number of halogens is 1. The Bertz CT molecular complexity index is 224. The Kier molecular flexibility index (Phi) is 2.47. The molecule has 1 aliphatic carbocycles. The van der Waals surface area contributed by atoms with Crippen LogP contribution in [-0.4, -0.2) is 13.2 Å². The van der Waals surface area contributed by atoms with Crippen LogP contribution in [0.15, 0.2) is 0 Å². The van der Waals surface area contributed by atoms with Gasteiger partial charge in [-0.1, -0.05) is 19.3 Å². The lowest BCUT2D eigenvalue weighted by Crippen LogP contribution is -2.36.